The molecule has 1 unspecified atom stereocenters. The van der Waals surface area contributed by atoms with Crippen molar-refractivity contribution in [1.29, 1.82) is 0 Å². The molecule has 3 fully saturated rings. The fourth-order valence-electron chi connectivity index (χ4n) is 5.91. The van der Waals surface area contributed by atoms with E-state index in [4.69, 9.17) is 4.74 Å². The van der Waals surface area contributed by atoms with E-state index >= 15 is 4.39 Å². The number of piperidine rings is 2. The maximum absolute atomic E-state index is 15.1. The van der Waals surface area contributed by atoms with Gasteiger partial charge in [0, 0.05) is 59.0 Å². The van der Waals surface area contributed by atoms with Crippen molar-refractivity contribution in [1.82, 2.24) is 19.2 Å². The van der Waals surface area contributed by atoms with E-state index in [1.165, 1.54) is 25.9 Å². The first-order valence-corrected chi connectivity index (χ1v) is 14.3. The van der Waals surface area contributed by atoms with Gasteiger partial charge in [0.15, 0.2) is 11.5 Å². The van der Waals surface area contributed by atoms with E-state index in [9.17, 15) is 4.21 Å². The SMILES string of the molecule is CS(=O)c1ccc(-c2cn3cc(C4CCN(C5CCN(C6COC6)CC5)CC4)cc(F)c3n2)cc1. The topological polar surface area (TPSA) is 50.1 Å². The number of hydrogen-bond donors (Lipinski definition) is 0. The van der Waals surface area contributed by atoms with Crippen LogP contribution in [0, 0.1) is 5.82 Å². The van der Waals surface area contributed by atoms with Crippen molar-refractivity contribution < 1.29 is 13.3 Å². The zero-order chi connectivity index (χ0) is 23.9. The summed E-state index contributed by atoms with van der Waals surface area (Å²) < 4.78 is 33.9. The predicted molar refractivity (Wildman–Crippen MR) is 136 cm³/mol. The van der Waals surface area contributed by atoms with Crippen LogP contribution in [-0.4, -0.2) is 81.1 Å². The number of hydrogen-bond acceptors (Lipinski definition) is 5. The van der Waals surface area contributed by atoms with Gasteiger partial charge in [0.05, 0.1) is 24.9 Å². The second kappa shape index (κ2) is 9.73. The maximum atomic E-state index is 15.1. The first kappa shape index (κ1) is 23.3. The minimum Gasteiger partial charge on any atom is -0.378 e. The Morgan fingerprint density at radius 3 is 2.23 bits per heavy atom. The number of ether oxygens (including phenoxy) is 1. The van der Waals surface area contributed by atoms with Crippen LogP contribution in [0.5, 0.6) is 0 Å². The molecule has 3 aliphatic rings. The number of nitrogens with zero attached hydrogens (tertiary/aromatic N) is 4. The van der Waals surface area contributed by atoms with Gasteiger partial charge >= 0.3 is 0 Å². The molecule has 0 amide bonds. The highest BCUT2D eigenvalue weighted by molar-refractivity contribution is 7.84. The summed E-state index contributed by atoms with van der Waals surface area (Å²) >= 11 is 0. The zero-order valence-corrected chi connectivity index (χ0v) is 21.1. The lowest BCUT2D eigenvalue weighted by atomic mass is 9.88. The molecular weight excluding hydrogens is 463 g/mol. The molecule has 3 aromatic rings. The van der Waals surface area contributed by atoms with Gasteiger partial charge in [0.1, 0.15) is 0 Å². The zero-order valence-electron chi connectivity index (χ0n) is 20.2. The van der Waals surface area contributed by atoms with Crippen LogP contribution in [0.2, 0.25) is 0 Å². The summed E-state index contributed by atoms with van der Waals surface area (Å²) in [5, 5.41) is 0. The van der Waals surface area contributed by atoms with Crippen LogP contribution >= 0.6 is 0 Å². The summed E-state index contributed by atoms with van der Waals surface area (Å²) in [5.74, 6) is 0.108. The lowest BCUT2D eigenvalue weighted by molar-refractivity contribution is -0.0768. The molecule has 0 aliphatic carbocycles. The lowest BCUT2D eigenvalue weighted by Gasteiger charge is -2.45. The largest absolute Gasteiger partial charge is 0.378 e. The number of pyridine rings is 1. The van der Waals surface area contributed by atoms with E-state index in [0.717, 1.165) is 60.9 Å². The van der Waals surface area contributed by atoms with Crippen LogP contribution in [0.3, 0.4) is 0 Å². The minimum atomic E-state index is -1.02. The Bertz CT molecular complexity index is 1210. The third kappa shape index (κ3) is 4.69. The molecule has 0 bridgehead atoms. The number of fused-ring (bicyclic) bond motifs is 1. The highest BCUT2D eigenvalue weighted by atomic mass is 32.2. The number of benzene rings is 1. The van der Waals surface area contributed by atoms with E-state index in [1.807, 2.05) is 34.9 Å². The van der Waals surface area contributed by atoms with Gasteiger partial charge in [0.2, 0.25) is 0 Å². The quantitative estimate of drug-likeness (QED) is 0.536. The minimum absolute atomic E-state index is 0.269. The van der Waals surface area contributed by atoms with Gasteiger partial charge in [-0.25, -0.2) is 9.37 Å². The number of aromatic nitrogens is 2. The fourth-order valence-corrected chi connectivity index (χ4v) is 6.42. The Kier molecular flexibility index (Phi) is 6.47. The first-order valence-electron chi connectivity index (χ1n) is 12.7. The van der Waals surface area contributed by atoms with Crippen LogP contribution in [0.4, 0.5) is 4.39 Å². The molecule has 0 radical (unpaired) electrons. The molecule has 186 valence electrons. The second-order valence-electron chi connectivity index (χ2n) is 10.2. The molecule has 1 atom stereocenters. The standard InChI is InChI=1S/C27H33FN4O2S/c1-35(33)24-4-2-20(3-5-24)26-16-32-15-21(14-25(28)27(32)29-26)19-6-10-30(11-7-19)22-8-12-31(13-9-22)23-17-34-18-23/h2-5,14-16,19,22-23H,6-13,17-18H2,1H3. The normalized spacial score (nSPS) is 22.5. The number of imidazole rings is 1. The van der Waals surface area contributed by atoms with Crippen LogP contribution in [0.25, 0.3) is 16.9 Å². The van der Waals surface area contributed by atoms with Crippen molar-refractivity contribution >= 4 is 16.4 Å². The molecule has 8 heteroatoms. The molecule has 35 heavy (non-hydrogen) atoms. The van der Waals surface area contributed by atoms with Crippen LogP contribution < -0.4 is 0 Å². The number of halogens is 1. The predicted octanol–water partition coefficient (Wildman–Crippen LogP) is 3.92. The smallest absolute Gasteiger partial charge is 0.173 e. The second-order valence-corrected chi connectivity index (χ2v) is 11.6. The fraction of sp³-hybridized carbons (Fsp3) is 0.519. The third-order valence-electron chi connectivity index (χ3n) is 8.16. The number of rotatable bonds is 5. The summed E-state index contributed by atoms with van der Waals surface area (Å²) in [4.78, 5) is 10.6. The van der Waals surface area contributed by atoms with E-state index in [1.54, 1.807) is 12.3 Å². The van der Waals surface area contributed by atoms with Crippen molar-refractivity contribution in [2.75, 3.05) is 45.6 Å². The highest BCUT2D eigenvalue weighted by Crippen LogP contribution is 2.32. The Morgan fingerprint density at radius 1 is 0.943 bits per heavy atom. The molecular formula is C27H33FN4O2S. The van der Waals surface area contributed by atoms with Gasteiger partial charge in [-0.05, 0) is 68.5 Å². The number of likely N-dealkylation sites (tertiary alicyclic amines) is 2. The average molecular weight is 497 g/mol. The van der Waals surface area contributed by atoms with Crippen LogP contribution in [0.15, 0.2) is 47.6 Å². The molecule has 6 rings (SSSR count). The Labute approximate surface area is 208 Å². The Balaban J connectivity index is 1.11. The molecule has 2 aromatic heterocycles. The maximum Gasteiger partial charge on any atom is 0.173 e. The van der Waals surface area contributed by atoms with Gasteiger partial charge in [-0.2, -0.15) is 0 Å². The molecule has 3 saturated heterocycles. The highest BCUT2D eigenvalue weighted by Gasteiger charge is 2.33. The molecule has 0 saturated carbocycles. The molecule has 1 aromatic carbocycles. The molecule has 0 N–H and O–H groups in total. The van der Waals surface area contributed by atoms with Gasteiger partial charge in [-0.3, -0.25) is 9.11 Å². The summed E-state index contributed by atoms with van der Waals surface area (Å²) in [6.07, 6.45) is 10.2. The monoisotopic (exact) mass is 496 g/mol. The van der Waals surface area contributed by atoms with Gasteiger partial charge in [-0.15, -0.1) is 0 Å². The van der Waals surface area contributed by atoms with Crippen molar-refractivity contribution in [2.45, 2.75) is 48.6 Å². The van der Waals surface area contributed by atoms with E-state index in [2.05, 4.69) is 21.0 Å². The van der Waals surface area contributed by atoms with E-state index in [-0.39, 0.29) is 5.82 Å². The lowest BCUT2D eigenvalue weighted by Crippen LogP contribution is -2.55. The summed E-state index contributed by atoms with van der Waals surface area (Å²) in [6, 6.07) is 10.5. The average Bonchev–Trinajstić information content (AvgIpc) is 3.29. The van der Waals surface area contributed by atoms with Crippen molar-refractivity contribution in [2.24, 2.45) is 0 Å². The van der Waals surface area contributed by atoms with E-state index < -0.39 is 10.8 Å². The Morgan fingerprint density at radius 2 is 1.60 bits per heavy atom. The molecule has 5 heterocycles. The molecule has 3 aliphatic heterocycles. The van der Waals surface area contributed by atoms with Gasteiger partial charge < -0.3 is 14.0 Å². The van der Waals surface area contributed by atoms with Gasteiger partial charge in [0.25, 0.3) is 0 Å². The summed E-state index contributed by atoms with van der Waals surface area (Å²) in [5.41, 5.74) is 3.04. The van der Waals surface area contributed by atoms with Crippen LogP contribution in [-0.2, 0) is 15.5 Å². The first-order chi connectivity index (χ1) is 17.0. The Hall–Kier alpha value is -2.13. The van der Waals surface area contributed by atoms with Crippen molar-refractivity contribution in [3.8, 4) is 11.3 Å². The van der Waals surface area contributed by atoms with Crippen molar-refractivity contribution in [3.63, 3.8) is 0 Å². The summed E-state index contributed by atoms with van der Waals surface area (Å²) in [6.45, 7) is 6.35. The summed E-state index contributed by atoms with van der Waals surface area (Å²) in [7, 11) is -1.02. The third-order valence-corrected chi connectivity index (χ3v) is 9.10. The molecule has 6 nitrogen and oxygen atoms in total. The van der Waals surface area contributed by atoms with Gasteiger partial charge in [-0.1, -0.05) is 12.1 Å². The van der Waals surface area contributed by atoms with Crippen LogP contribution in [0.1, 0.15) is 37.2 Å². The molecule has 0 spiro atoms. The van der Waals surface area contributed by atoms with Crippen molar-refractivity contribution in [3.05, 3.63) is 54.1 Å². The van der Waals surface area contributed by atoms with E-state index in [0.29, 0.717) is 23.6 Å².